The fourth-order valence-corrected chi connectivity index (χ4v) is 2.75. The van der Waals surface area contributed by atoms with Gasteiger partial charge < -0.3 is 14.8 Å². The van der Waals surface area contributed by atoms with Gasteiger partial charge in [-0.3, -0.25) is 9.89 Å². The zero-order valence-electron chi connectivity index (χ0n) is 13.7. The summed E-state index contributed by atoms with van der Waals surface area (Å²) in [7, 11) is 0. The molecule has 0 bridgehead atoms. The summed E-state index contributed by atoms with van der Waals surface area (Å²) in [4.78, 5) is 12.5. The Morgan fingerprint density at radius 2 is 2.04 bits per heavy atom. The fraction of sp³-hybridized carbons (Fsp3) is 0.158. The Morgan fingerprint density at radius 1 is 1.20 bits per heavy atom. The van der Waals surface area contributed by atoms with Crippen LogP contribution in [0.3, 0.4) is 0 Å². The lowest BCUT2D eigenvalue weighted by Gasteiger charge is -2.25. The van der Waals surface area contributed by atoms with Crippen molar-refractivity contribution >= 4 is 11.6 Å². The molecule has 126 valence electrons. The molecule has 1 aromatic heterocycles. The minimum absolute atomic E-state index is 0.189. The lowest BCUT2D eigenvalue weighted by Crippen LogP contribution is -2.40. The van der Waals surface area contributed by atoms with E-state index in [1.807, 2.05) is 49.5 Å². The van der Waals surface area contributed by atoms with Gasteiger partial charge in [-0.1, -0.05) is 18.2 Å². The Labute approximate surface area is 144 Å². The van der Waals surface area contributed by atoms with Crippen molar-refractivity contribution in [1.29, 1.82) is 0 Å². The van der Waals surface area contributed by atoms with Crippen molar-refractivity contribution in [2.75, 3.05) is 11.9 Å². The second-order valence-corrected chi connectivity index (χ2v) is 5.87. The molecular formula is C19H17N3O3. The molecule has 25 heavy (non-hydrogen) atoms. The van der Waals surface area contributed by atoms with Gasteiger partial charge in [-0.15, -0.1) is 0 Å². The quantitative estimate of drug-likeness (QED) is 0.771. The van der Waals surface area contributed by atoms with Crippen molar-refractivity contribution in [1.82, 2.24) is 10.2 Å². The van der Waals surface area contributed by atoms with Crippen LogP contribution in [0.4, 0.5) is 5.69 Å². The molecule has 3 aromatic rings. The molecule has 0 radical (unpaired) electrons. The van der Waals surface area contributed by atoms with Crippen LogP contribution in [0.2, 0.25) is 0 Å². The molecule has 1 atom stereocenters. The van der Waals surface area contributed by atoms with E-state index in [-0.39, 0.29) is 12.5 Å². The first kappa shape index (κ1) is 15.3. The number of hydrogen-bond acceptors (Lipinski definition) is 4. The van der Waals surface area contributed by atoms with E-state index in [2.05, 4.69) is 15.5 Å². The number of para-hydroxylation sites is 2. The van der Waals surface area contributed by atoms with Crippen molar-refractivity contribution in [3.05, 3.63) is 60.4 Å². The van der Waals surface area contributed by atoms with Crippen LogP contribution in [0.25, 0.3) is 11.1 Å². The number of amides is 1. The number of fused-ring (bicyclic) bond motifs is 1. The summed E-state index contributed by atoms with van der Waals surface area (Å²) in [5.74, 6) is 1.02. The van der Waals surface area contributed by atoms with Crippen molar-refractivity contribution < 1.29 is 14.3 Å². The summed E-state index contributed by atoms with van der Waals surface area (Å²) in [6, 6.07) is 13.2. The molecule has 1 unspecified atom stereocenters. The molecule has 0 saturated carbocycles. The number of carbonyl (C=O) groups is 1. The van der Waals surface area contributed by atoms with E-state index in [9.17, 15) is 4.79 Å². The second-order valence-electron chi connectivity index (χ2n) is 5.87. The van der Waals surface area contributed by atoms with Gasteiger partial charge in [-0.05, 0) is 42.3 Å². The predicted molar refractivity (Wildman–Crippen MR) is 93.7 cm³/mol. The molecule has 0 aliphatic carbocycles. The fourth-order valence-electron chi connectivity index (χ4n) is 2.75. The van der Waals surface area contributed by atoms with Crippen molar-refractivity contribution in [2.45, 2.75) is 13.0 Å². The highest BCUT2D eigenvalue weighted by Crippen LogP contribution is 2.31. The van der Waals surface area contributed by atoms with Gasteiger partial charge >= 0.3 is 0 Å². The average molecular weight is 335 g/mol. The zero-order valence-corrected chi connectivity index (χ0v) is 13.7. The highest BCUT2D eigenvalue weighted by Gasteiger charge is 2.27. The van der Waals surface area contributed by atoms with Crippen molar-refractivity contribution in [2.24, 2.45) is 0 Å². The van der Waals surface area contributed by atoms with Crippen LogP contribution in [0, 0.1) is 6.92 Å². The lowest BCUT2D eigenvalue weighted by atomic mass is 10.1. The Balaban J connectivity index is 1.48. The molecule has 2 aromatic carbocycles. The van der Waals surface area contributed by atoms with Gasteiger partial charge in [0.15, 0.2) is 11.5 Å². The van der Waals surface area contributed by atoms with E-state index in [1.54, 1.807) is 12.3 Å². The minimum Gasteiger partial charge on any atom is -0.485 e. The topological polar surface area (TPSA) is 76.2 Å². The predicted octanol–water partition coefficient (Wildman–Crippen LogP) is 3.16. The van der Waals surface area contributed by atoms with Gasteiger partial charge in [0.25, 0.3) is 5.91 Å². The highest BCUT2D eigenvalue weighted by molar-refractivity contribution is 5.95. The molecule has 6 heteroatoms. The molecule has 1 aliphatic rings. The smallest absolute Gasteiger partial charge is 0.269 e. The van der Waals surface area contributed by atoms with Crippen molar-refractivity contribution in [3.63, 3.8) is 0 Å². The summed E-state index contributed by atoms with van der Waals surface area (Å²) in [5.41, 5.74) is 3.75. The largest absolute Gasteiger partial charge is 0.485 e. The molecule has 0 fully saturated rings. The summed E-state index contributed by atoms with van der Waals surface area (Å²) in [6.45, 7) is 2.14. The van der Waals surface area contributed by atoms with E-state index in [0.717, 1.165) is 22.4 Å². The van der Waals surface area contributed by atoms with E-state index < -0.39 is 6.10 Å². The zero-order chi connectivity index (χ0) is 17.2. The average Bonchev–Trinajstić information content (AvgIpc) is 3.17. The van der Waals surface area contributed by atoms with E-state index in [1.165, 1.54) is 0 Å². The summed E-state index contributed by atoms with van der Waals surface area (Å²) < 4.78 is 11.3. The van der Waals surface area contributed by atoms with Gasteiger partial charge in [-0.25, -0.2) is 0 Å². The Bertz CT molecular complexity index is 906. The number of nitrogens with one attached hydrogen (secondary N) is 2. The van der Waals surface area contributed by atoms with E-state index >= 15 is 0 Å². The van der Waals surface area contributed by atoms with Crippen LogP contribution in [0.15, 0.2) is 54.9 Å². The van der Waals surface area contributed by atoms with Crippen molar-refractivity contribution in [3.8, 4) is 22.6 Å². The third-order valence-electron chi connectivity index (χ3n) is 4.12. The standard InChI is InChI=1S/C19H17N3O3/c1-12-8-13(14-9-20-21-10-14)6-7-15(12)22-19(23)18-11-24-16-4-2-3-5-17(16)25-18/h2-10,18H,11H2,1H3,(H,20,21)(H,22,23). The SMILES string of the molecule is Cc1cc(-c2cn[nH]c2)ccc1NC(=O)C1COc2ccccc2O1. The number of hydrogen-bond donors (Lipinski definition) is 2. The monoisotopic (exact) mass is 335 g/mol. The number of nitrogens with zero attached hydrogens (tertiary/aromatic N) is 1. The molecule has 0 saturated heterocycles. The van der Waals surface area contributed by atoms with E-state index in [4.69, 9.17) is 9.47 Å². The molecular weight excluding hydrogens is 318 g/mol. The first-order valence-corrected chi connectivity index (χ1v) is 8.00. The first-order valence-electron chi connectivity index (χ1n) is 8.00. The number of rotatable bonds is 3. The molecule has 6 nitrogen and oxygen atoms in total. The minimum atomic E-state index is -0.678. The second kappa shape index (κ2) is 6.32. The summed E-state index contributed by atoms with van der Waals surface area (Å²) >= 11 is 0. The summed E-state index contributed by atoms with van der Waals surface area (Å²) in [5, 5.41) is 9.66. The van der Waals surface area contributed by atoms with Gasteiger partial charge in [0.05, 0.1) is 6.20 Å². The Kier molecular flexibility index (Phi) is 3.85. The number of ether oxygens (including phenoxy) is 2. The third-order valence-corrected chi connectivity index (χ3v) is 4.12. The number of aryl methyl sites for hydroxylation is 1. The third kappa shape index (κ3) is 3.06. The Hall–Kier alpha value is -3.28. The van der Waals surface area contributed by atoms with Crippen LogP contribution in [0.5, 0.6) is 11.5 Å². The van der Waals surface area contributed by atoms with E-state index in [0.29, 0.717) is 11.5 Å². The first-order chi connectivity index (χ1) is 12.2. The van der Waals surface area contributed by atoms with Crippen LogP contribution < -0.4 is 14.8 Å². The molecule has 0 spiro atoms. The van der Waals surface area contributed by atoms with Gasteiger partial charge in [0, 0.05) is 17.4 Å². The number of benzene rings is 2. The number of aromatic amines is 1. The van der Waals surface area contributed by atoms with Gasteiger partial charge in [-0.2, -0.15) is 5.10 Å². The van der Waals surface area contributed by atoms with Crippen LogP contribution in [0.1, 0.15) is 5.56 Å². The number of aromatic nitrogens is 2. The van der Waals surface area contributed by atoms with Gasteiger partial charge in [0.2, 0.25) is 6.10 Å². The molecule has 2 heterocycles. The normalized spacial score (nSPS) is 15.6. The molecule has 2 N–H and O–H groups in total. The van der Waals surface area contributed by atoms with Crippen LogP contribution >= 0.6 is 0 Å². The maximum atomic E-state index is 12.5. The maximum absolute atomic E-state index is 12.5. The maximum Gasteiger partial charge on any atom is 0.269 e. The van der Waals surface area contributed by atoms with Gasteiger partial charge in [0.1, 0.15) is 6.61 Å². The number of H-pyrrole nitrogens is 1. The lowest BCUT2D eigenvalue weighted by molar-refractivity contribution is -0.125. The number of anilines is 1. The molecule has 1 amide bonds. The molecule has 4 rings (SSSR count). The van der Waals surface area contributed by atoms with Crippen LogP contribution in [-0.2, 0) is 4.79 Å². The summed E-state index contributed by atoms with van der Waals surface area (Å²) in [6.07, 6.45) is 2.91. The highest BCUT2D eigenvalue weighted by atomic mass is 16.6. The number of carbonyl (C=O) groups excluding carboxylic acids is 1. The van der Waals surface area contributed by atoms with Crippen LogP contribution in [-0.4, -0.2) is 28.8 Å². The molecule has 1 aliphatic heterocycles. The Morgan fingerprint density at radius 3 is 2.80 bits per heavy atom.